The van der Waals surface area contributed by atoms with Gasteiger partial charge in [0, 0.05) is 45.5 Å². The van der Waals surface area contributed by atoms with E-state index in [9.17, 15) is 26.4 Å². The van der Waals surface area contributed by atoms with Gasteiger partial charge in [0.15, 0.2) is 0 Å². The Bertz CT molecular complexity index is 1070. The van der Waals surface area contributed by atoms with Crippen LogP contribution in [-0.4, -0.2) is 67.4 Å². The van der Waals surface area contributed by atoms with Gasteiger partial charge in [0.05, 0.1) is 4.90 Å². The van der Waals surface area contributed by atoms with Gasteiger partial charge in [-0.15, -0.1) is 0 Å². The quantitative estimate of drug-likeness (QED) is 0.710. The number of pyridine rings is 1. The second-order valence-electron chi connectivity index (χ2n) is 7.48. The summed E-state index contributed by atoms with van der Waals surface area (Å²) < 4.78 is 65.9. The third-order valence-electron chi connectivity index (χ3n) is 5.57. The van der Waals surface area contributed by atoms with Crippen molar-refractivity contribution < 1.29 is 26.4 Å². The largest absolute Gasteiger partial charge is 0.471 e. The van der Waals surface area contributed by atoms with E-state index in [0.29, 0.717) is 23.6 Å². The fourth-order valence-electron chi connectivity index (χ4n) is 3.89. The zero-order valence-electron chi connectivity index (χ0n) is 16.5. The van der Waals surface area contributed by atoms with Crippen LogP contribution >= 0.6 is 0 Å². The Kier molecular flexibility index (Phi) is 5.65. The number of hydrogen-bond acceptors (Lipinski definition) is 5. The average Bonchev–Trinajstić information content (AvgIpc) is 2.78. The summed E-state index contributed by atoms with van der Waals surface area (Å²) in [5.74, 6) is -1.13. The van der Waals surface area contributed by atoms with E-state index in [4.69, 9.17) is 0 Å². The minimum atomic E-state index is -4.95. The summed E-state index contributed by atoms with van der Waals surface area (Å²) in [5, 5.41) is 0. The van der Waals surface area contributed by atoms with Gasteiger partial charge in [-0.3, -0.25) is 4.79 Å². The van der Waals surface area contributed by atoms with Crippen LogP contribution in [0.1, 0.15) is 11.1 Å². The van der Waals surface area contributed by atoms with Crippen LogP contribution in [0, 0.1) is 0 Å². The summed E-state index contributed by atoms with van der Waals surface area (Å²) in [6, 6.07) is 10.0. The molecule has 4 rings (SSSR count). The van der Waals surface area contributed by atoms with E-state index in [2.05, 4.69) is 4.98 Å². The first-order valence-electron chi connectivity index (χ1n) is 9.80. The molecule has 0 spiro atoms. The number of sulfonamides is 1. The molecule has 0 N–H and O–H groups in total. The highest BCUT2D eigenvalue weighted by Crippen LogP contribution is 2.28. The summed E-state index contributed by atoms with van der Waals surface area (Å²) >= 11 is 0. The SMILES string of the molecule is O=C(N1CCc2ccc(S(=O)(=O)N3CCN(c4ccccn4)CC3)cc2C1)C(F)(F)F. The molecule has 31 heavy (non-hydrogen) atoms. The van der Waals surface area contributed by atoms with Crippen LogP contribution in [-0.2, 0) is 27.8 Å². The topological polar surface area (TPSA) is 73.8 Å². The van der Waals surface area contributed by atoms with Gasteiger partial charge in [-0.05, 0) is 41.8 Å². The molecule has 7 nitrogen and oxygen atoms in total. The molecule has 0 aliphatic carbocycles. The molecule has 2 aromatic rings. The third kappa shape index (κ3) is 4.38. The van der Waals surface area contributed by atoms with Crippen LogP contribution in [0.15, 0.2) is 47.5 Å². The summed E-state index contributed by atoms with van der Waals surface area (Å²) in [7, 11) is -3.81. The van der Waals surface area contributed by atoms with E-state index in [0.717, 1.165) is 11.4 Å². The van der Waals surface area contributed by atoms with Gasteiger partial charge in [-0.25, -0.2) is 13.4 Å². The first-order chi connectivity index (χ1) is 14.7. The minimum Gasteiger partial charge on any atom is -0.354 e. The lowest BCUT2D eigenvalue weighted by atomic mass is 10.00. The van der Waals surface area contributed by atoms with Crippen LogP contribution in [0.25, 0.3) is 0 Å². The number of carbonyl (C=O) groups excluding carboxylic acids is 1. The number of aromatic nitrogens is 1. The molecule has 166 valence electrons. The third-order valence-corrected chi connectivity index (χ3v) is 7.46. The molecule has 0 radical (unpaired) electrons. The van der Waals surface area contributed by atoms with Gasteiger partial charge < -0.3 is 9.80 Å². The predicted octanol–water partition coefficient (Wildman–Crippen LogP) is 2.04. The molecule has 0 atom stereocenters. The Labute approximate surface area is 178 Å². The molecule has 0 saturated carbocycles. The van der Waals surface area contributed by atoms with Crippen molar-refractivity contribution in [3.8, 4) is 0 Å². The maximum atomic E-state index is 13.1. The van der Waals surface area contributed by atoms with E-state index >= 15 is 0 Å². The van der Waals surface area contributed by atoms with Gasteiger partial charge in [0.2, 0.25) is 10.0 Å². The second kappa shape index (κ2) is 8.12. The van der Waals surface area contributed by atoms with Crippen molar-refractivity contribution in [1.29, 1.82) is 0 Å². The first kappa shape index (κ1) is 21.6. The monoisotopic (exact) mass is 454 g/mol. The summed E-state index contributed by atoms with van der Waals surface area (Å²) in [6.45, 7) is 1.20. The number of piperazine rings is 1. The highest BCUT2D eigenvalue weighted by molar-refractivity contribution is 7.89. The van der Waals surface area contributed by atoms with Crippen LogP contribution < -0.4 is 4.90 Å². The molecule has 1 fully saturated rings. The average molecular weight is 454 g/mol. The predicted molar refractivity (Wildman–Crippen MR) is 107 cm³/mol. The lowest BCUT2D eigenvalue weighted by molar-refractivity contribution is -0.186. The summed E-state index contributed by atoms with van der Waals surface area (Å²) in [4.78, 5) is 18.6. The summed E-state index contributed by atoms with van der Waals surface area (Å²) in [6.07, 6.45) is -3.02. The van der Waals surface area contributed by atoms with Crippen molar-refractivity contribution in [3.05, 3.63) is 53.7 Å². The molecule has 11 heteroatoms. The number of carbonyl (C=O) groups is 1. The van der Waals surface area contributed by atoms with Crippen molar-refractivity contribution in [1.82, 2.24) is 14.2 Å². The normalized spacial score (nSPS) is 18.0. The van der Waals surface area contributed by atoms with Crippen LogP contribution in [0.2, 0.25) is 0 Å². The molecule has 0 bridgehead atoms. The van der Waals surface area contributed by atoms with Crippen LogP contribution in [0.3, 0.4) is 0 Å². The van der Waals surface area contributed by atoms with Crippen molar-refractivity contribution >= 4 is 21.7 Å². The maximum absolute atomic E-state index is 13.1. The van der Waals surface area contributed by atoms with Gasteiger partial charge in [-0.2, -0.15) is 17.5 Å². The zero-order valence-corrected chi connectivity index (χ0v) is 17.4. The van der Waals surface area contributed by atoms with Gasteiger partial charge in [0.25, 0.3) is 0 Å². The first-order valence-corrected chi connectivity index (χ1v) is 11.2. The molecule has 2 aliphatic rings. The lowest BCUT2D eigenvalue weighted by Gasteiger charge is -2.35. The van der Waals surface area contributed by atoms with Crippen molar-refractivity contribution in [3.63, 3.8) is 0 Å². The van der Waals surface area contributed by atoms with Crippen LogP contribution in [0.5, 0.6) is 0 Å². The highest BCUT2D eigenvalue weighted by atomic mass is 32.2. The maximum Gasteiger partial charge on any atom is 0.471 e. The van der Waals surface area contributed by atoms with Gasteiger partial charge in [-0.1, -0.05) is 12.1 Å². The fourth-order valence-corrected chi connectivity index (χ4v) is 5.37. The molecule has 1 amide bonds. The molecular formula is C20H21F3N4O3S. The Balaban J connectivity index is 1.49. The number of rotatable bonds is 3. The van der Waals surface area contributed by atoms with E-state index in [1.165, 1.54) is 16.4 Å². The Morgan fingerprint density at radius 1 is 0.968 bits per heavy atom. The molecule has 2 aliphatic heterocycles. The highest BCUT2D eigenvalue weighted by Gasteiger charge is 2.43. The molecule has 1 aromatic heterocycles. The zero-order chi connectivity index (χ0) is 22.2. The number of halogens is 3. The standard InChI is InChI=1S/C20H21F3N4O3S/c21-20(22,23)19(28)26-8-6-15-4-5-17(13-16(15)14-26)31(29,30)27-11-9-25(10-12-27)18-3-1-2-7-24-18/h1-5,7,13H,6,8-12,14H2. The van der Waals surface area contributed by atoms with Crippen molar-refractivity contribution in [2.75, 3.05) is 37.6 Å². The number of fused-ring (bicyclic) bond motifs is 1. The Morgan fingerprint density at radius 2 is 1.71 bits per heavy atom. The Hall–Kier alpha value is -2.66. The fraction of sp³-hybridized carbons (Fsp3) is 0.400. The molecule has 1 saturated heterocycles. The van der Waals surface area contributed by atoms with E-state index in [1.54, 1.807) is 12.3 Å². The molecule has 1 aromatic carbocycles. The van der Waals surface area contributed by atoms with Crippen molar-refractivity contribution in [2.24, 2.45) is 0 Å². The van der Waals surface area contributed by atoms with Crippen molar-refractivity contribution in [2.45, 2.75) is 24.0 Å². The minimum absolute atomic E-state index is 0.0267. The summed E-state index contributed by atoms with van der Waals surface area (Å²) in [5.41, 5.74) is 1.18. The van der Waals surface area contributed by atoms with Crippen LogP contribution in [0.4, 0.5) is 19.0 Å². The van der Waals surface area contributed by atoms with E-state index in [1.807, 2.05) is 23.1 Å². The molecular weight excluding hydrogens is 433 g/mol. The number of nitrogens with zero attached hydrogens (tertiary/aromatic N) is 4. The Morgan fingerprint density at radius 3 is 2.35 bits per heavy atom. The molecule has 0 unspecified atom stereocenters. The van der Waals surface area contributed by atoms with Gasteiger partial charge >= 0.3 is 12.1 Å². The van der Waals surface area contributed by atoms with Gasteiger partial charge in [0.1, 0.15) is 5.82 Å². The van der Waals surface area contributed by atoms with E-state index in [-0.39, 0.29) is 37.5 Å². The lowest BCUT2D eigenvalue weighted by Crippen LogP contribution is -2.49. The molecule has 3 heterocycles. The smallest absolute Gasteiger partial charge is 0.354 e. The van der Waals surface area contributed by atoms with E-state index < -0.39 is 22.1 Å². The number of benzene rings is 1. The number of hydrogen-bond donors (Lipinski definition) is 0. The second-order valence-corrected chi connectivity index (χ2v) is 9.42. The number of alkyl halides is 3. The number of anilines is 1. The number of amides is 1.